The fourth-order valence-electron chi connectivity index (χ4n) is 2.68. The fraction of sp³-hybridized carbons (Fsp3) is 0.588. The van der Waals surface area contributed by atoms with Crippen LogP contribution in [0.2, 0.25) is 0 Å². The molecule has 0 aromatic carbocycles. The zero-order valence-electron chi connectivity index (χ0n) is 14.2. The van der Waals surface area contributed by atoms with Crippen molar-refractivity contribution >= 4 is 17.5 Å². The average molecular weight is 323 g/mol. The first-order valence-corrected chi connectivity index (χ1v) is 7.63. The van der Waals surface area contributed by atoms with Crippen molar-refractivity contribution in [2.45, 2.75) is 47.0 Å². The number of aliphatic carboxylic acids is 1. The molecule has 0 aromatic heterocycles. The van der Waals surface area contributed by atoms with E-state index in [9.17, 15) is 19.8 Å². The zero-order valence-corrected chi connectivity index (χ0v) is 14.2. The van der Waals surface area contributed by atoms with Crippen LogP contribution in [0.4, 0.5) is 0 Å². The number of hydrogen-bond acceptors (Lipinski definition) is 5. The first kappa shape index (κ1) is 18.9. The molecule has 0 aromatic rings. The molecule has 0 bridgehead atoms. The average Bonchev–Trinajstić information content (AvgIpc) is 2.44. The van der Waals surface area contributed by atoms with Crippen molar-refractivity contribution in [3.63, 3.8) is 0 Å². The molecule has 0 amide bonds. The summed E-state index contributed by atoms with van der Waals surface area (Å²) in [6, 6.07) is 0. The zero-order chi connectivity index (χ0) is 17.8. The van der Waals surface area contributed by atoms with Crippen molar-refractivity contribution in [3.05, 3.63) is 24.0 Å². The molecule has 128 valence electrons. The summed E-state index contributed by atoms with van der Waals surface area (Å²) in [5.74, 6) is -1.97. The highest BCUT2D eigenvalue weighted by Crippen LogP contribution is 2.50. The Morgan fingerprint density at radius 2 is 2.04 bits per heavy atom. The molecule has 0 saturated carbocycles. The Kier molecular flexibility index (Phi) is 5.75. The summed E-state index contributed by atoms with van der Waals surface area (Å²) in [5, 5.41) is 23.9. The topological polar surface area (TPSA) is 96.2 Å². The van der Waals surface area contributed by atoms with Gasteiger partial charge in [-0.15, -0.1) is 0 Å². The molecule has 23 heavy (non-hydrogen) atoms. The number of rotatable bonds is 7. The molecule has 6 nitrogen and oxygen atoms in total. The first-order chi connectivity index (χ1) is 10.6. The summed E-state index contributed by atoms with van der Waals surface area (Å²) in [6.07, 6.45) is 2.67. The molecule has 1 atom stereocenters. The van der Waals surface area contributed by atoms with E-state index in [-0.39, 0.29) is 30.1 Å². The van der Waals surface area contributed by atoms with Gasteiger partial charge in [-0.25, -0.2) is 0 Å². The molecule has 6 heteroatoms. The van der Waals surface area contributed by atoms with E-state index in [0.29, 0.717) is 12.8 Å². The monoisotopic (exact) mass is 323 g/mol. The third kappa shape index (κ3) is 3.30. The van der Waals surface area contributed by atoms with Crippen LogP contribution in [0.15, 0.2) is 29.1 Å². The molecule has 1 rings (SSSR count). The van der Waals surface area contributed by atoms with Crippen LogP contribution in [0.25, 0.3) is 0 Å². The minimum Gasteiger partial charge on any atom is -0.511 e. The van der Waals surface area contributed by atoms with Crippen LogP contribution < -0.4 is 0 Å². The van der Waals surface area contributed by atoms with Crippen LogP contribution >= 0.6 is 0 Å². The summed E-state index contributed by atoms with van der Waals surface area (Å²) in [4.78, 5) is 29.7. The molecule has 0 saturated heterocycles. The number of carbonyl (C=O) groups is 2. The van der Waals surface area contributed by atoms with Crippen LogP contribution in [-0.4, -0.2) is 34.3 Å². The Balaban J connectivity index is 3.42. The molecular formula is C17H25NO5. The van der Waals surface area contributed by atoms with Gasteiger partial charge in [-0.2, -0.15) is 0 Å². The highest BCUT2D eigenvalue weighted by molar-refractivity contribution is 6.28. The minimum absolute atomic E-state index is 0.0277. The second-order valence-corrected chi connectivity index (χ2v) is 6.51. The van der Waals surface area contributed by atoms with E-state index >= 15 is 0 Å². The van der Waals surface area contributed by atoms with Gasteiger partial charge in [-0.3, -0.25) is 9.59 Å². The number of carboxylic acid groups (broad SMARTS) is 1. The van der Waals surface area contributed by atoms with Gasteiger partial charge >= 0.3 is 5.97 Å². The predicted molar refractivity (Wildman–Crippen MR) is 87.3 cm³/mol. The van der Waals surface area contributed by atoms with Crippen LogP contribution in [0.3, 0.4) is 0 Å². The van der Waals surface area contributed by atoms with Crippen molar-refractivity contribution in [2.75, 3.05) is 6.61 Å². The lowest BCUT2D eigenvalue weighted by Crippen LogP contribution is -2.53. The van der Waals surface area contributed by atoms with E-state index < -0.39 is 22.6 Å². The Morgan fingerprint density at radius 1 is 1.43 bits per heavy atom. The lowest BCUT2D eigenvalue weighted by Gasteiger charge is -2.43. The van der Waals surface area contributed by atoms with Crippen LogP contribution in [-0.2, 0) is 14.4 Å². The molecule has 2 N–H and O–H groups in total. The smallest absolute Gasteiger partial charge is 0.317 e. The Morgan fingerprint density at radius 3 is 2.52 bits per heavy atom. The predicted octanol–water partition coefficient (Wildman–Crippen LogP) is 3.25. The summed E-state index contributed by atoms with van der Waals surface area (Å²) in [6.45, 7) is 10.3. The second kappa shape index (κ2) is 6.98. The number of hydrogen-bond donors (Lipinski definition) is 2. The van der Waals surface area contributed by atoms with Crippen molar-refractivity contribution in [1.29, 1.82) is 0 Å². The minimum atomic E-state index is -1.64. The largest absolute Gasteiger partial charge is 0.511 e. The number of oxime groups is 1. The van der Waals surface area contributed by atoms with E-state index in [4.69, 9.17) is 4.84 Å². The van der Waals surface area contributed by atoms with Gasteiger partial charge in [0.1, 0.15) is 17.8 Å². The quantitative estimate of drug-likeness (QED) is 0.246. The maximum atomic E-state index is 12.9. The van der Waals surface area contributed by atoms with E-state index in [0.717, 1.165) is 0 Å². The summed E-state index contributed by atoms with van der Waals surface area (Å²) < 4.78 is 0. The molecule has 0 fully saturated rings. The normalized spacial score (nSPS) is 24.5. The number of ketones is 1. The summed E-state index contributed by atoms with van der Waals surface area (Å²) in [5.41, 5.74) is -2.30. The number of carbonyl (C=O) groups excluding carboxylic acids is 1. The molecule has 1 unspecified atom stereocenters. The number of aliphatic hydroxyl groups excluding tert-OH is 1. The maximum absolute atomic E-state index is 12.9. The van der Waals surface area contributed by atoms with Crippen molar-refractivity contribution in [2.24, 2.45) is 16.0 Å². The third-order valence-electron chi connectivity index (χ3n) is 4.50. The summed E-state index contributed by atoms with van der Waals surface area (Å²) >= 11 is 0. The van der Waals surface area contributed by atoms with Gasteiger partial charge in [0.25, 0.3) is 0 Å². The Labute approximate surface area is 136 Å². The number of allylic oxidation sites excluding steroid dienone is 2. The molecule has 0 heterocycles. The highest BCUT2D eigenvalue weighted by Gasteiger charge is 2.58. The Hall–Kier alpha value is -2.11. The van der Waals surface area contributed by atoms with Crippen LogP contribution in [0.1, 0.15) is 47.0 Å². The molecule has 1 aliphatic rings. The second-order valence-electron chi connectivity index (χ2n) is 6.51. The maximum Gasteiger partial charge on any atom is 0.317 e. The van der Waals surface area contributed by atoms with Gasteiger partial charge in [-0.1, -0.05) is 45.0 Å². The van der Waals surface area contributed by atoms with Gasteiger partial charge in [0.2, 0.25) is 0 Å². The van der Waals surface area contributed by atoms with Crippen molar-refractivity contribution in [1.82, 2.24) is 0 Å². The van der Waals surface area contributed by atoms with Gasteiger partial charge in [-0.05, 0) is 18.8 Å². The molecule has 0 spiro atoms. The van der Waals surface area contributed by atoms with E-state index in [2.05, 4.69) is 11.7 Å². The number of nitrogens with zero attached hydrogens (tertiary/aromatic N) is 1. The summed E-state index contributed by atoms with van der Waals surface area (Å²) in [7, 11) is 0. The molecule has 1 aliphatic carbocycles. The number of aliphatic hydroxyl groups is 1. The SMILES string of the molecule is C=CCO/N=C(\CCC)C1=C(O)CC(C)(C)C(C)(C(=O)O)C1=O. The lowest BCUT2D eigenvalue weighted by molar-refractivity contribution is -0.161. The van der Waals surface area contributed by atoms with Crippen molar-refractivity contribution < 1.29 is 24.6 Å². The number of carboxylic acids is 1. The standard InChI is InChI=1S/C17H25NO5/c1-6-8-11(18-23-9-7-2)13-12(19)10-16(3,4)17(5,14(13)20)15(21)22/h7,19H,2,6,8-10H2,1,3-5H3,(H,21,22)/b18-11+. The molecule has 0 aliphatic heterocycles. The Bertz CT molecular complexity index is 574. The number of Topliss-reactive ketones (excluding diaryl/α,β-unsaturated/α-hetero) is 1. The van der Waals surface area contributed by atoms with Gasteiger partial charge in [0.05, 0.1) is 11.3 Å². The van der Waals surface area contributed by atoms with E-state index in [1.807, 2.05) is 6.92 Å². The van der Waals surface area contributed by atoms with Gasteiger partial charge in [0.15, 0.2) is 5.78 Å². The molecular weight excluding hydrogens is 298 g/mol. The van der Waals surface area contributed by atoms with Gasteiger partial charge in [0, 0.05) is 6.42 Å². The van der Waals surface area contributed by atoms with Gasteiger partial charge < -0.3 is 15.1 Å². The molecule has 0 radical (unpaired) electrons. The fourth-order valence-corrected chi connectivity index (χ4v) is 2.68. The highest BCUT2D eigenvalue weighted by atomic mass is 16.6. The van der Waals surface area contributed by atoms with E-state index in [1.54, 1.807) is 13.8 Å². The van der Waals surface area contributed by atoms with E-state index in [1.165, 1.54) is 13.0 Å². The van der Waals surface area contributed by atoms with Crippen LogP contribution in [0, 0.1) is 10.8 Å². The first-order valence-electron chi connectivity index (χ1n) is 7.63. The van der Waals surface area contributed by atoms with Crippen LogP contribution in [0.5, 0.6) is 0 Å². The lowest BCUT2D eigenvalue weighted by atomic mass is 9.57. The third-order valence-corrected chi connectivity index (χ3v) is 4.50. The van der Waals surface area contributed by atoms with Crippen molar-refractivity contribution in [3.8, 4) is 0 Å².